The zero-order valence-corrected chi connectivity index (χ0v) is 25.8. The van der Waals surface area contributed by atoms with Gasteiger partial charge in [0, 0.05) is 23.8 Å². The van der Waals surface area contributed by atoms with E-state index in [0.29, 0.717) is 24.2 Å². The molecule has 3 aromatic rings. The molecule has 0 bridgehead atoms. The molecule has 1 saturated heterocycles. The summed E-state index contributed by atoms with van der Waals surface area (Å²) < 4.78 is 12.3. The first kappa shape index (κ1) is 30.0. The minimum absolute atomic E-state index is 0.00207. The Bertz CT molecular complexity index is 1440. The molecule has 5 rings (SSSR count). The van der Waals surface area contributed by atoms with Gasteiger partial charge in [0.2, 0.25) is 0 Å². The first-order chi connectivity index (χ1) is 20.0. The first-order valence-electron chi connectivity index (χ1n) is 14.5. The zero-order chi connectivity index (χ0) is 30.2. The summed E-state index contributed by atoms with van der Waals surface area (Å²) >= 11 is 0. The molecule has 2 aliphatic rings. The van der Waals surface area contributed by atoms with Crippen molar-refractivity contribution in [1.82, 2.24) is 0 Å². The van der Waals surface area contributed by atoms with Crippen LogP contribution in [0.2, 0.25) is 18.6 Å². The molecule has 2 amide bonds. The van der Waals surface area contributed by atoms with Crippen molar-refractivity contribution in [2.24, 2.45) is 5.92 Å². The van der Waals surface area contributed by atoms with E-state index in [1.54, 1.807) is 18.1 Å². The van der Waals surface area contributed by atoms with E-state index < -0.39 is 25.7 Å². The fourth-order valence-electron chi connectivity index (χ4n) is 6.96. The highest BCUT2D eigenvalue weighted by Crippen LogP contribution is 2.60. The number of hydrogen-bond acceptors (Lipinski definition) is 6. The number of benzene rings is 3. The van der Waals surface area contributed by atoms with Crippen molar-refractivity contribution in [3.8, 4) is 5.75 Å². The summed E-state index contributed by atoms with van der Waals surface area (Å²) in [6.07, 6.45) is -1.12. The Labute approximate surface area is 248 Å². The molecule has 0 unspecified atom stereocenters. The van der Waals surface area contributed by atoms with Crippen molar-refractivity contribution in [3.05, 3.63) is 83.9 Å². The van der Waals surface area contributed by atoms with E-state index in [9.17, 15) is 19.8 Å². The van der Waals surface area contributed by atoms with E-state index in [-0.39, 0.29) is 30.1 Å². The molecule has 0 radical (unpaired) electrons. The van der Waals surface area contributed by atoms with Gasteiger partial charge in [-0.3, -0.25) is 9.59 Å². The lowest BCUT2D eigenvalue weighted by atomic mass is 9.82. The molecule has 1 spiro atoms. The second kappa shape index (κ2) is 11.6. The van der Waals surface area contributed by atoms with Crippen LogP contribution in [0.4, 0.5) is 11.4 Å². The van der Waals surface area contributed by atoms with Crippen LogP contribution in [0.1, 0.15) is 31.4 Å². The summed E-state index contributed by atoms with van der Waals surface area (Å²) in [5.41, 5.74) is 1.61. The summed E-state index contributed by atoms with van der Waals surface area (Å²) in [5, 5.41) is 23.9. The van der Waals surface area contributed by atoms with Crippen LogP contribution in [0.3, 0.4) is 0 Å². The molecule has 2 heterocycles. The predicted octanol–water partition coefficient (Wildman–Crippen LogP) is 4.16. The summed E-state index contributed by atoms with van der Waals surface area (Å²) in [4.78, 5) is 28.9. The minimum Gasteiger partial charge on any atom is -0.497 e. The molecule has 5 atom stereocenters. The molecule has 8 nitrogen and oxygen atoms in total. The maximum absolute atomic E-state index is 14.7. The zero-order valence-electron chi connectivity index (χ0n) is 24.8. The fraction of sp³-hybridized carbons (Fsp3) is 0.394. The Hall–Kier alpha value is -3.50. The van der Waals surface area contributed by atoms with Crippen molar-refractivity contribution in [3.63, 3.8) is 0 Å². The van der Waals surface area contributed by atoms with E-state index in [1.165, 1.54) is 12.1 Å². The SMILES string of the molecule is COc1ccc([Si](C)(C)[C@H]2[C@H](CCO)O[C@]3(C(=O)N(Cc4ccccc4)c4ccc(NC(=O)[C@@H](C)O)cc43)[C@@H]2C)cc1. The number of hydrogen-bond donors (Lipinski definition) is 3. The highest BCUT2D eigenvalue weighted by atomic mass is 28.3. The van der Waals surface area contributed by atoms with Crippen molar-refractivity contribution >= 4 is 36.4 Å². The number of aliphatic hydroxyl groups excluding tert-OH is 2. The van der Waals surface area contributed by atoms with Crippen LogP contribution in [0.5, 0.6) is 5.75 Å². The Balaban J connectivity index is 1.63. The average molecular weight is 589 g/mol. The van der Waals surface area contributed by atoms with E-state index in [0.717, 1.165) is 17.0 Å². The van der Waals surface area contributed by atoms with Gasteiger partial charge < -0.3 is 29.9 Å². The predicted molar refractivity (Wildman–Crippen MR) is 166 cm³/mol. The molecule has 42 heavy (non-hydrogen) atoms. The molecule has 3 N–H and O–H groups in total. The lowest BCUT2D eigenvalue weighted by Crippen LogP contribution is -2.51. The van der Waals surface area contributed by atoms with Crippen LogP contribution in [0.25, 0.3) is 0 Å². The largest absolute Gasteiger partial charge is 0.497 e. The molecule has 9 heteroatoms. The van der Waals surface area contributed by atoms with E-state index in [1.807, 2.05) is 54.6 Å². The van der Waals surface area contributed by atoms with Gasteiger partial charge in [-0.25, -0.2) is 0 Å². The number of carbonyl (C=O) groups excluding carboxylic acids is 2. The van der Waals surface area contributed by atoms with E-state index in [4.69, 9.17) is 9.47 Å². The molecule has 0 aliphatic carbocycles. The molecular formula is C33H40N2O6Si. The van der Waals surface area contributed by atoms with Crippen molar-refractivity contribution in [2.75, 3.05) is 23.9 Å². The standard InChI is InChI=1S/C33H40N2O6Si/c1-21-30(42(4,5)26-14-12-25(40-3)13-15-26)29(17-18-36)41-33(21)27-19-24(34-31(38)22(2)37)11-16-28(27)35(32(33)39)20-23-9-7-6-8-10-23/h6-16,19,21-22,29-30,36-37H,17-18,20H2,1-5H3,(H,34,38)/t21-,22-,29+,30-,33-/m1/s1. The Morgan fingerprint density at radius 2 is 1.81 bits per heavy atom. The molecular weight excluding hydrogens is 548 g/mol. The number of anilines is 2. The number of nitrogens with zero attached hydrogens (tertiary/aromatic N) is 1. The van der Waals surface area contributed by atoms with Gasteiger partial charge in [0.05, 0.1) is 33.5 Å². The third-order valence-electron chi connectivity index (χ3n) is 9.08. The highest BCUT2D eigenvalue weighted by Gasteiger charge is 2.66. The molecule has 0 aromatic heterocycles. The van der Waals surface area contributed by atoms with Gasteiger partial charge in [-0.1, -0.05) is 67.7 Å². The number of ether oxygens (including phenoxy) is 2. The maximum atomic E-state index is 14.7. The second-order valence-electron chi connectivity index (χ2n) is 11.9. The Kier molecular flexibility index (Phi) is 8.31. The summed E-state index contributed by atoms with van der Waals surface area (Å²) in [6.45, 7) is 8.41. The smallest absolute Gasteiger partial charge is 0.264 e. The Morgan fingerprint density at radius 3 is 2.43 bits per heavy atom. The number of aliphatic hydroxyl groups is 2. The highest BCUT2D eigenvalue weighted by molar-refractivity contribution is 6.91. The van der Waals surface area contributed by atoms with Crippen LogP contribution in [0.15, 0.2) is 72.8 Å². The topological polar surface area (TPSA) is 108 Å². The van der Waals surface area contributed by atoms with Gasteiger partial charge in [-0.15, -0.1) is 0 Å². The van der Waals surface area contributed by atoms with Gasteiger partial charge in [-0.05, 0) is 54.8 Å². The lowest BCUT2D eigenvalue weighted by Gasteiger charge is -2.37. The molecule has 1 fully saturated rings. The van der Waals surface area contributed by atoms with Crippen LogP contribution >= 0.6 is 0 Å². The van der Waals surface area contributed by atoms with Crippen molar-refractivity contribution < 1.29 is 29.3 Å². The number of rotatable bonds is 9. The Morgan fingerprint density at radius 1 is 1.12 bits per heavy atom. The van der Waals surface area contributed by atoms with Gasteiger partial charge in [0.1, 0.15) is 11.9 Å². The van der Waals surface area contributed by atoms with Crippen LogP contribution in [-0.4, -0.2) is 56.0 Å². The maximum Gasteiger partial charge on any atom is 0.264 e. The summed E-state index contributed by atoms with van der Waals surface area (Å²) in [6, 6.07) is 23.4. The normalized spacial score (nSPS) is 24.1. The van der Waals surface area contributed by atoms with Crippen LogP contribution < -0.4 is 20.1 Å². The van der Waals surface area contributed by atoms with Crippen molar-refractivity contribution in [2.45, 2.75) is 63.3 Å². The quantitative estimate of drug-likeness (QED) is 0.324. The monoisotopic (exact) mass is 588 g/mol. The van der Waals surface area contributed by atoms with Crippen molar-refractivity contribution in [1.29, 1.82) is 0 Å². The van der Waals surface area contributed by atoms with Gasteiger partial charge in [-0.2, -0.15) is 0 Å². The molecule has 0 saturated carbocycles. The van der Waals surface area contributed by atoms with Gasteiger partial charge >= 0.3 is 0 Å². The second-order valence-corrected chi connectivity index (χ2v) is 16.6. The summed E-state index contributed by atoms with van der Waals surface area (Å²) in [5.74, 6) is -0.116. The fourth-order valence-corrected chi connectivity index (χ4v) is 11.0. The lowest BCUT2D eigenvalue weighted by molar-refractivity contribution is -0.146. The first-order valence-corrected chi connectivity index (χ1v) is 17.5. The summed E-state index contributed by atoms with van der Waals surface area (Å²) in [7, 11) is -0.659. The molecule has 3 aromatic carbocycles. The van der Waals surface area contributed by atoms with Gasteiger partial charge in [0.15, 0.2) is 5.60 Å². The number of amides is 2. The van der Waals surface area contributed by atoms with Crippen LogP contribution in [0, 0.1) is 5.92 Å². The average Bonchev–Trinajstić information content (AvgIpc) is 3.40. The van der Waals surface area contributed by atoms with Crippen LogP contribution in [-0.2, 0) is 26.5 Å². The molecule has 222 valence electrons. The number of carbonyl (C=O) groups is 2. The number of nitrogens with one attached hydrogen (secondary N) is 1. The number of fused-ring (bicyclic) bond motifs is 2. The number of methoxy groups -OCH3 is 1. The third kappa shape index (κ3) is 5.04. The van der Waals surface area contributed by atoms with E-state index in [2.05, 4.69) is 37.5 Å². The third-order valence-corrected chi connectivity index (χ3v) is 13.4. The molecule has 2 aliphatic heterocycles. The van der Waals surface area contributed by atoms with E-state index >= 15 is 0 Å². The van der Waals surface area contributed by atoms with Gasteiger partial charge in [0.25, 0.3) is 11.8 Å². The minimum atomic E-state index is -2.31.